The van der Waals surface area contributed by atoms with Crippen molar-refractivity contribution in [2.24, 2.45) is 0 Å². The molecule has 0 bridgehead atoms. The zero-order valence-electron chi connectivity index (χ0n) is 9.62. The van der Waals surface area contributed by atoms with Crippen molar-refractivity contribution in [2.75, 3.05) is 6.54 Å². The van der Waals surface area contributed by atoms with Crippen LogP contribution in [-0.2, 0) is 9.59 Å². The van der Waals surface area contributed by atoms with Crippen LogP contribution in [0.2, 0.25) is 0 Å². The molecule has 0 rings (SSSR count). The number of aliphatic carboxylic acids is 1. The fourth-order valence-electron chi connectivity index (χ4n) is 1.23. The molecule has 90 valence electrons. The average Bonchev–Trinajstić information content (AvgIpc) is 2.21. The summed E-state index contributed by atoms with van der Waals surface area (Å²) < 4.78 is 0. The Kier molecular flexibility index (Phi) is 6.97. The molecule has 1 amide bonds. The van der Waals surface area contributed by atoms with Gasteiger partial charge in [0.05, 0.1) is 0 Å². The Bertz CT molecular complexity index is 283. The molecule has 0 aliphatic heterocycles. The van der Waals surface area contributed by atoms with Gasteiger partial charge in [0.15, 0.2) is 0 Å². The van der Waals surface area contributed by atoms with Gasteiger partial charge in [-0.05, 0) is 6.42 Å². The lowest BCUT2D eigenvalue weighted by Gasteiger charge is -2.18. The SMILES string of the molecule is C#CCC(CC)NCC(NC(C)=O)C(=O)O. The molecule has 0 heterocycles. The molecule has 2 unspecified atom stereocenters. The molecule has 3 N–H and O–H groups in total. The van der Waals surface area contributed by atoms with Crippen molar-refractivity contribution in [2.45, 2.75) is 38.8 Å². The van der Waals surface area contributed by atoms with E-state index in [1.54, 1.807) is 0 Å². The summed E-state index contributed by atoms with van der Waals surface area (Å²) in [5.74, 6) is 1.10. The summed E-state index contributed by atoms with van der Waals surface area (Å²) in [6.07, 6.45) is 6.54. The van der Waals surface area contributed by atoms with Crippen molar-refractivity contribution in [1.29, 1.82) is 0 Å². The van der Waals surface area contributed by atoms with E-state index in [9.17, 15) is 9.59 Å². The van der Waals surface area contributed by atoms with Gasteiger partial charge in [0.2, 0.25) is 5.91 Å². The first-order valence-electron chi connectivity index (χ1n) is 5.18. The number of terminal acetylenes is 1. The third kappa shape index (κ3) is 6.04. The summed E-state index contributed by atoms with van der Waals surface area (Å²) in [4.78, 5) is 21.6. The van der Waals surface area contributed by atoms with Crippen molar-refractivity contribution in [3.05, 3.63) is 0 Å². The molecule has 0 aromatic heterocycles. The number of hydrogen-bond acceptors (Lipinski definition) is 3. The van der Waals surface area contributed by atoms with Gasteiger partial charge in [0.1, 0.15) is 6.04 Å². The van der Waals surface area contributed by atoms with E-state index in [4.69, 9.17) is 11.5 Å². The first kappa shape index (κ1) is 14.5. The molecular weight excluding hydrogens is 208 g/mol. The summed E-state index contributed by atoms with van der Waals surface area (Å²) >= 11 is 0. The molecule has 0 aromatic carbocycles. The first-order chi connectivity index (χ1) is 7.51. The molecule has 16 heavy (non-hydrogen) atoms. The molecule has 5 heteroatoms. The van der Waals surface area contributed by atoms with Crippen LogP contribution >= 0.6 is 0 Å². The molecule has 2 atom stereocenters. The highest BCUT2D eigenvalue weighted by atomic mass is 16.4. The minimum absolute atomic E-state index is 0.0839. The van der Waals surface area contributed by atoms with Crippen molar-refractivity contribution in [1.82, 2.24) is 10.6 Å². The Hall–Kier alpha value is -1.54. The molecule has 0 spiro atoms. The summed E-state index contributed by atoms with van der Waals surface area (Å²) in [6, 6.07) is -0.829. The number of carboxylic acids is 1. The van der Waals surface area contributed by atoms with Crippen LogP contribution in [0.3, 0.4) is 0 Å². The third-order valence-electron chi connectivity index (χ3n) is 2.14. The fourth-order valence-corrected chi connectivity index (χ4v) is 1.23. The maximum atomic E-state index is 10.8. The lowest BCUT2D eigenvalue weighted by Crippen LogP contribution is -2.48. The zero-order valence-corrected chi connectivity index (χ0v) is 9.62. The van der Waals surface area contributed by atoms with Gasteiger partial charge in [0.25, 0.3) is 0 Å². The molecule has 0 saturated heterocycles. The number of carbonyl (C=O) groups excluding carboxylic acids is 1. The Morgan fingerprint density at radius 2 is 2.12 bits per heavy atom. The predicted molar refractivity (Wildman–Crippen MR) is 60.8 cm³/mol. The number of rotatable bonds is 7. The Labute approximate surface area is 95.6 Å². The first-order valence-corrected chi connectivity index (χ1v) is 5.18. The second kappa shape index (κ2) is 7.71. The van der Waals surface area contributed by atoms with Crippen LogP contribution in [0.4, 0.5) is 0 Å². The Morgan fingerprint density at radius 1 is 1.50 bits per heavy atom. The summed E-state index contributed by atoms with van der Waals surface area (Å²) in [5, 5.41) is 14.2. The standard InChI is InChI=1S/C11H18N2O3/c1-4-6-9(5-2)12-7-10(11(15)16)13-8(3)14/h1,9-10,12H,5-7H2,2-3H3,(H,13,14)(H,15,16). The van der Waals surface area contributed by atoms with E-state index < -0.39 is 12.0 Å². The molecule has 0 fully saturated rings. The summed E-state index contributed by atoms with van der Waals surface area (Å²) in [6.45, 7) is 3.42. The summed E-state index contributed by atoms with van der Waals surface area (Å²) in [5.41, 5.74) is 0. The maximum absolute atomic E-state index is 10.8. The minimum atomic E-state index is -1.06. The number of carboxylic acid groups (broad SMARTS) is 1. The quantitative estimate of drug-likeness (QED) is 0.533. The molecule has 5 nitrogen and oxygen atoms in total. The van der Waals surface area contributed by atoms with E-state index >= 15 is 0 Å². The number of carbonyl (C=O) groups is 2. The zero-order chi connectivity index (χ0) is 12.6. The van der Waals surface area contributed by atoms with Gasteiger partial charge in [-0.3, -0.25) is 4.79 Å². The van der Waals surface area contributed by atoms with Gasteiger partial charge in [0, 0.05) is 25.9 Å². The van der Waals surface area contributed by atoms with Crippen LogP contribution < -0.4 is 10.6 Å². The lowest BCUT2D eigenvalue weighted by molar-refractivity contribution is -0.141. The number of hydrogen-bond donors (Lipinski definition) is 3. The Morgan fingerprint density at radius 3 is 2.50 bits per heavy atom. The Balaban J connectivity index is 4.15. The smallest absolute Gasteiger partial charge is 0.327 e. The molecule has 0 aliphatic carbocycles. The van der Waals surface area contributed by atoms with Crippen LogP contribution in [-0.4, -0.2) is 35.6 Å². The lowest BCUT2D eigenvalue weighted by atomic mass is 10.1. The second-order valence-corrected chi connectivity index (χ2v) is 3.51. The van der Waals surface area contributed by atoms with Gasteiger partial charge >= 0.3 is 5.97 Å². The number of amides is 1. The molecule has 0 aromatic rings. The monoisotopic (exact) mass is 226 g/mol. The summed E-state index contributed by atoms with van der Waals surface area (Å²) in [7, 11) is 0. The van der Waals surface area contributed by atoms with Crippen molar-refractivity contribution >= 4 is 11.9 Å². The third-order valence-corrected chi connectivity index (χ3v) is 2.14. The maximum Gasteiger partial charge on any atom is 0.327 e. The fraction of sp³-hybridized carbons (Fsp3) is 0.636. The van der Waals surface area contributed by atoms with E-state index in [1.165, 1.54) is 6.92 Å². The molecule has 0 radical (unpaired) electrons. The van der Waals surface area contributed by atoms with Crippen LogP contribution in [0, 0.1) is 12.3 Å². The van der Waals surface area contributed by atoms with Gasteiger partial charge in [-0.1, -0.05) is 6.92 Å². The predicted octanol–water partition coefficient (Wildman–Crippen LogP) is -0.0328. The van der Waals surface area contributed by atoms with Gasteiger partial charge in [-0.15, -0.1) is 12.3 Å². The van der Waals surface area contributed by atoms with Crippen LogP contribution in [0.1, 0.15) is 26.7 Å². The highest BCUT2D eigenvalue weighted by molar-refractivity contribution is 5.82. The van der Waals surface area contributed by atoms with Gasteiger partial charge < -0.3 is 15.7 Å². The van der Waals surface area contributed by atoms with Gasteiger partial charge in [-0.2, -0.15) is 0 Å². The largest absolute Gasteiger partial charge is 0.480 e. The van der Waals surface area contributed by atoms with E-state index in [2.05, 4.69) is 16.6 Å². The highest BCUT2D eigenvalue weighted by Crippen LogP contribution is 1.96. The van der Waals surface area contributed by atoms with E-state index in [1.807, 2.05) is 6.92 Å². The van der Waals surface area contributed by atoms with E-state index in [0.717, 1.165) is 6.42 Å². The highest BCUT2D eigenvalue weighted by Gasteiger charge is 2.18. The topological polar surface area (TPSA) is 78.4 Å². The normalized spacial score (nSPS) is 13.6. The average molecular weight is 226 g/mol. The van der Waals surface area contributed by atoms with Crippen molar-refractivity contribution in [3.63, 3.8) is 0 Å². The van der Waals surface area contributed by atoms with Gasteiger partial charge in [-0.25, -0.2) is 4.79 Å². The molecular formula is C11H18N2O3. The van der Waals surface area contributed by atoms with Crippen molar-refractivity contribution in [3.8, 4) is 12.3 Å². The second-order valence-electron chi connectivity index (χ2n) is 3.51. The van der Waals surface area contributed by atoms with Crippen LogP contribution in [0.15, 0.2) is 0 Å². The van der Waals surface area contributed by atoms with Crippen molar-refractivity contribution < 1.29 is 14.7 Å². The molecule has 0 saturated carbocycles. The van der Waals surface area contributed by atoms with E-state index in [-0.39, 0.29) is 18.5 Å². The van der Waals surface area contributed by atoms with Crippen LogP contribution in [0.25, 0.3) is 0 Å². The minimum Gasteiger partial charge on any atom is -0.480 e. The number of nitrogens with one attached hydrogen (secondary N) is 2. The van der Waals surface area contributed by atoms with E-state index in [0.29, 0.717) is 6.42 Å². The molecule has 0 aliphatic rings. The van der Waals surface area contributed by atoms with Crippen LogP contribution in [0.5, 0.6) is 0 Å².